The maximum absolute atomic E-state index is 12.2. The van der Waals surface area contributed by atoms with Crippen molar-refractivity contribution >= 4 is 15.5 Å². The van der Waals surface area contributed by atoms with E-state index in [1.807, 2.05) is 0 Å². The largest absolute Gasteiger partial charge is 0.397 e. The van der Waals surface area contributed by atoms with Crippen LogP contribution in [0.15, 0.2) is 46.6 Å². The Morgan fingerprint density at radius 3 is 2.48 bits per heavy atom. The highest BCUT2D eigenvalue weighted by atomic mass is 32.2. The van der Waals surface area contributed by atoms with Crippen LogP contribution in [-0.2, 0) is 19.4 Å². The predicted octanol–water partition coefficient (Wildman–Crippen LogP) is 1.60. The van der Waals surface area contributed by atoms with Crippen LogP contribution in [0, 0.1) is 0 Å². The molecule has 1 heterocycles. The summed E-state index contributed by atoms with van der Waals surface area (Å²) in [6.07, 6.45) is 2.19. The van der Waals surface area contributed by atoms with Crippen LogP contribution >= 0.6 is 0 Å². The van der Waals surface area contributed by atoms with Crippen LogP contribution in [0.5, 0.6) is 0 Å². The molecular weight excluding hydrogens is 316 g/mol. The third kappa shape index (κ3) is 3.56. The van der Waals surface area contributed by atoms with Gasteiger partial charge in [-0.1, -0.05) is 23.9 Å². The van der Waals surface area contributed by atoms with Crippen LogP contribution in [0.4, 0.5) is 0 Å². The summed E-state index contributed by atoms with van der Waals surface area (Å²) in [5.74, 6) is 0. The third-order valence-electron chi connectivity index (χ3n) is 3.90. The first-order chi connectivity index (χ1) is 11.0. The molecule has 1 atom stereocenters. The Morgan fingerprint density at radius 2 is 1.96 bits per heavy atom. The van der Waals surface area contributed by atoms with Crippen molar-refractivity contribution in [3.05, 3.63) is 42.1 Å². The summed E-state index contributed by atoms with van der Waals surface area (Å²) in [4.78, 5) is 5.76. The van der Waals surface area contributed by atoms with E-state index >= 15 is 0 Å². The maximum Gasteiger partial charge on any atom is 0.181 e. The Kier molecular flexibility index (Phi) is 4.41. The van der Waals surface area contributed by atoms with E-state index in [-0.39, 0.29) is 17.1 Å². The van der Waals surface area contributed by atoms with Gasteiger partial charge in [0.1, 0.15) is 5.71 Å². The highest BCUT2D eigenvalue weighted by Crippen LogP contribution is 2.33. The Hall–Kier alpha value is -1.86. The van der Waals surface area contributed by atoms with E-state index in [1.165, 1.54) is 0 Å². The van der Waals surface area contributed by atoms with Crippen molar-refractivity contribution in [3.8, 4) is 0 Å². The number of rotatable bonds is 6. The molecule has 0 unspecified atom stereocenters. The molecule has 1 aliphatic carbocycles. The van der Waals surface area contributed by atoms with Gasteiger partial charge in [-0.15, -0.1) is 0 Å². The van der Waals surface area contributed by atoms with Gasteiger partial charge >= 0.3 is 0 Å². The lowest BCUT2D eigenvalue weighted by atomic mass is 10.1. The molecule has 23 heavy (non-hydrogen) atoms. The molecule has 0 spiro atoms. The number of benzene rings is 1. The average molecular weight is 336 g/mol. The van der Waals surface area contributed by atoms with E-state index in [1.54, 1.807) is 24.3 Å². The van der Waals surface area contributed by atoms with Gasteiger partial charge in [-0.05, 0) is 25.0 Å². The lowest BCUT2D eigenvalue weighted by Crippen LogP contribution is -2.16. The first kappa shape index (κ1) is 16.0. The molecule has 1 saturated carbocycles. The van der Waals surface area contributed by atoms with Crippen molar-refractivity contribution in [3.63, 3.8) is 0 Å². The standard InChI is InChI=1S/C16H20N2O4S/c1-11(17)16(18-22-13-8-9-21-10-13)12-2-4-14(5-3-12)23(19,20)15-6-7-15/h2-5,13,15H,1,6-10,17H2/b18-16-/t13-/m1/s1. The molecule has 0 radical (unpaired) electrons. The third-order valence-corrected chi connectivity index (χ3v) is 6.18. The molecule has 3 rings (SSSR count). The van der Waals surface area contributed by atoms with Crippen molar-refractivity contribution in [2.75, 3.05) is 13.2 Å². The Morgan fingerprint density at radius 1 is 1.26 bits per heavy atom. The zero-order chi connectivity index (χ0) is 16.4. The summed E-state index contributed by atoms with van der Waals surface area (Å²) in [7, 11) is -3.20. The van der Waals surface area contributed by atoms with Gasteiger partial charge in [0, 0.05) is 12.0 Å². The first-order valence-corrected chi connectivity index (χ1v) is 9.14. The molecule has 7 heteroatoms. The van der Waals surface area contributed by atoms with Crippen molar-refractivity contribution in [1.82, 2.24) is 0 Å². The second-order valence-electron chi connectivity index (χ2n) is 5.82. The fourth-order valence-electron chi connectivity index (χ4n) is 2.39. The minimum Gasteiger partial charge on any atom is -0.397 e. The topological polar surface area (TPSA) is 91.0 Å². The van der Waals surface area contributed by atoms with E-state index in [4.69, 9.17) is 15.3 Å². The van der Waals surface area contributed by atoms with Gasteiger partial charge in [0.15, 0.2) is 15.9 Å². The molecule has 2 aliphatic rings. The average Bonchev–Trinajstić information content (AvgIpc) is 3.27. The lowest BCUT2D eigenvalue weighted by molar-refractivity contribution is 0.0476. The number of hydrogen-bond donors (Lipinski definition) is 1. The Labute approximate surface area is 135 Å². The van der Waals surface area contributed by atoms with Gasteiger partial charge in [0.05, 0.1) is 29.1 Å². The summed E-state index contributed by atoms with van der Waals surface area (Å²) < 4.78 is 29.6. The van der Waals surface area contributed by atoms with Gasteiger partial charge in [0.2, 0.25) is 0 Å². The highest BCUT2D eigenvalue weighted by molar-refractivity contribution is 7.92. The molecule has 124 valence electrons. The maximum atomic E-state index is 12.2. The smallest absolute Gasteiger partial charge is 0.181 e. The van der Waals surface area contributed by atoms with Crippen LogP contribution in [0.2, 0.25) is 0 Å². The Balaban J connectivity index is 1.79. The summed E-state index contributed by atoms with van der Waals surface area (Å²) in [5, 5.41) is 3.85. The molecule has 6 nitrogen and oxygen atoms in total. The molecule has 0 amide bonds. The number of nitrogens with two attached hydrogens (primary N) is 1. The zero-order valence-electron chi connectivity index (χ0n) is 12.8. The summed E-state index contributed by atoms with van der Waals surface area (Å²) in [6.45, 7) is 4.87. The number of hydrogen-bond acceptors (Lipinski definition) is 6. The number of ether oxygens (including phenoxy) is 1. The van der Waals surface area contributed by atoms with Crippen LogP contribution in [0.1, 0.15) is 24.8 Å². The van der Waals surface area contributed by atoms with E-state index in [0.717, 1.165) is 19.3 Å². The van der Waals surface area contributed by atoms with Crippen molar-refractivity contribution in [2.45, 2.75) is 35.5 Å². The second kappa shape index (κ2) is 6.33. The van der Waals surface area contributed by atoms with Crippen LogP contribution in [-0.4, -0.2) is 38.7 Å². The minimum absolute atomic E-state index is 0.0844. The molecule has 0 aromatic heterocycles. The molecule has 1 aromatic rings. The van der Waals surface area contributed by atoms with E-state index in [2.05, 4.69) is 11.7 Å². The molecule has 0 bridgehead atoms. The summed E-state index contributed by atoms with van der Waals surface area (Å²) >= 11 is 0. The van der Waals surface area contributed by atoms with Crippen LogP contribution in [0.25, 0.3) is 0 Å². The fourth-order valence-corrected chi connectivity index (χ4v) is 4.05. The monoisotopic (exact) mass is 336 g/mol. The quantitative estimate of drug-likeness (QED) is 0.629. The van der Waals surface area contributed by atoms with Gasteiger partial charge in [-0.25, -0.2) is 8.42 Å². The SMILES string of the molecule is C=C(N)/C(=N/O[C@@H]1CCOC1)c1ccc(S(=O)(=O)C2CC2)cc1. The summed E-state index contributed by atoms with van der Waals surface area (Å²) in [6, 6.07) is 6.53. The second-order valence-corrected chi connectivity index (χ2v) is 8.05. The molecule has 2 fully saturated rings. The van der Waals surface area contributed by atoms with Crippen molar-refractivity contribution < 1.29 is 18.0 Å². The molecule has 1 saturated heterocycles. The van der Waals surface area contributed by atoms with Gasteiger partial charge in [-0.2, -0.15) is 0 Å². The van der Waals surface area contributed by atoms with Crippen molar-refractivity contribution in [2.24, 2.45) is 10.9 Å². The highest BCUT2D eigenvalue weighted by Gasteiger charge is 2.36. The number of nitrogens with zero attached hydrogens (tertiary/aromatic N) is 1. The van der Waals surface area contributed by atoms with E-state index in [0.29, 0.717) is 29.4 Å². The van der Waals surface area contributed by atoms with Crippen LogP contribution < -0.4 is 5.73 Å². The predicted molar refractivity (Wildman–Crippen MR) is 86.8 cm³/mol. The number of oxime groups is 1. The molecular formula is C16H20N2O4S. The van der Waals surface area contributed by atoms with E-state index < -0.39 is 9.84 Å². The number of allylic oxidation sites excluding steroid dienone is 1. The minimum atomic E-state index is -3.20. The van der Waals surface area contributed by atoms with E-state index in [9.17, 15) is 8.42 Å². The zero-order valence-corrected chi connectivity index (χ0v) is 13.6. The fraction of sp³-hybridized carbons (Fsp3) is 0.438. The lowest BCUT2D eigenvalue weighted by Gasteiger charge is -2.10. The van der Waals surface area contributed by atoms with Gasteiger partial charge in [0.25, 0.3) is 0 Å². The van der Waals surface area contributed by atoms with Gasteiger partial charge in [-0.3, -0.25) is 0 Å². The first-order valence-electron chi connectivity index (χ1n) is 7.59. The molecule has 1 aliphatic heterocycles. The van der Waals surface area contributed by atoms with Crippen molar-refractivity contribution in [1.29, 1.82) is 0 Å². The summed E-state index contributed by atoms with van der Waals surface area (Å²) in [5.41, 5.74) is 7.13. The normalized spacial score (nSPS) is 22.1. The van der Waals surface area contributed by atoms with Gasteiger partial charge < -0.3 is 15.3 Å². The molecule has 1 aromatic carbocycles. The van der Waals surface area contributed by atoms with Crippen LogP contribution in [0.3, 0.4) is 0 Å². The molecule has 2 N–H and O–H groups in total. The Bertz CT molecular complexity index is 715. The number of sulfone groups is 1.